The van der Waals surface area contributed by atoms with Gasteiger partial charge in [0.1, 0.15) is 0 Å². The molecule has 0 saturated heterocycles. The van der Waals surface area contributed by atoms with Gasteiger partial charge in [-0.05, 0) is 117 Å². The van der Waals surface area contributed by atoms with Gasteiger partial charge in [0.05, 0.1) is 27.8 Å². The fourth-order valence-electron chi connectivity index (χ4n) is 8.12. The van der Waals surface area contributed by atoms with Crippen LogP contribution < -0.4 is 5.32 Å². The first-order valence-corrected chi connectivity index (χ1v) is 22.6. The number of para-hydroxylation sites is 1. The highest BCUT2D eigenvalue weighted by Gasteiger charge is 2.42. The second-order valence-corrected chi connectivity index (χ2v) is 14.9. The van der Waals surface area contributed by atoms with Crippen LogP contribution in [0.15, 0.2) is 195 Å². The molecule has 324 valence electrons. The molecule has 1 aliphatic heterocycles. The van der Waals surface area contributed by atoms with Crippen molar-refractivity contribution in [1.82, 2.24) is 9.88 Å². The van der Waals surface area contributed by atoms with Gasteiger partial charge in [-0.2, -0.15) is 0 Å². The van der Waals surface area contributed by atoms with Gasteiger partial charge in [-0.25, -0.2) is 0 Å². The fourth-order valence-corrected chi connectivity index (χ4v) is 8.12. The van der Waals surface area contributed by atoms with Crippen LogP contribution in [0, 0.1) is 5.92 Å². The van der Waals surface area contributed by atoms with E-state index in [0.717, 1.165) is 47.6 Å². The summed E-state index contributed by atoms with van der Waals surface area (Å²) in [4.78, 5) is 5.42. The Hall–Kier alpha value is -6.19. The number of fused-ring (bicyclic) bond motifs is 4. The molecule has 0 fully saturated rings. The average molecular weight is 824 g/mol. The van der Waals surface area contributed by atoms with E-state index in [1.807, 2.05) is 45.9 Å². The third kappa shape index (κ3) is 11.4. The van der Waals surface area contributed by atoms with E-state index in [4.69, 9.17) is 4.99 Å². The van der Waals surface area contributed by atoms with E-state index < -0.39 is 5.41 Å². The van der Waals surface area contributed by atoms with E-state index in [1.165, 1.54) is 50.5 Å². The third-order valence-electron chi connectivity index (χ3n) is 11.3. The molecule has 0 amide bonds. The minimum Gasteiger partial charge on any atom is -0.379 e. The highest BCUT2D eigenvalue weighted by Crippen LogP contribution is 2.50. The molecular weight excluding hydrogens is 751 g/mol. The van der Waals surface area contributed by atoms with Crippen LogP contribution in [0.5, 0.6) is 0 Å². The van der Waals surface area contributed by atoms with E-state index >= 15 is 0 Å². The lowest BCUT2D eigenvalue weighted by Crippen LogP contribution is -2.32. The molecule has 3 nitrogen and oxygen atoms in total. The number of nitrogens with zero attached hydrogens (tertiary/aromatic N) is 2. The quantitative estimate of drug-likeness (QED) is 0.109. The number of benzene rings is 5. The summed E-state index contributed by atoms with van der Waals surface area (Å²) in [6.45, 7) is 37.0. The lowest BCUT2D eigenvalue weighted by atomic mass is 9.71. The molecule has 0 saturated carbocycles. The van der Waals surface area contributed by atoms with Crippen molar-refractivity contribution in [1.29, 1.82) is 0 Å². The van der Waals surface area contributed by atoms with Crippen LogP contribution >= 0.6 is 0 Å². The van der Waals surface area contributed by atoms with Crippen molar-refractivity contribution in [2.75, 3.05) is 0 Å². The Balaban J connectivity index is 0.000000597. The van der Waals surface area contributed by atoms with Crippen LogP contribution in [-0.2, 0) is 5.41 Å². The Kier molecular flexibility index (Phi) is 20.7. The molecule has 2 heterocycles. The van der Waals surface area contributed by atoms with Gasteiger partial charge in [0.2, 0.25) is 0 Å². The molecule has 0 radical (unpaired) electrons. The summed E-state index contributed by atoms with van der Waals surface area (Å²) in [6.07, 6.45) is 14.7. The number of hydrogen-bond acceptors (Lipinski definition) is 2. The second-order valence-electron chi connectivity index (χ2n) is 14.9. The zero-order valence-corrected chi connectivity index (χ0v) is 39.3. The minimum atomic E-state index is -0.400. The topological polar surface area (TPSA) is 29.3 Å². The monoisotopic (exact) mass is 824 g/mol. The van der Waals surface area contributed by atoms with Crippen molar-refractivity contribution in [2.45, 2.75) is 99.5 Å². The number of allylic oxidation sites excluding steroid dienone is 6. The highest BCUT2D eigenvalue weighted by molar-refractivity contribution is 6.17. The summed E-state index contributed by atoms with van der Waals surface area (Å²) < 4.78 is 2.40. The zero-order chi connectivity index (χ0) is 45.7. The molecule has 6 aromatic rings. The molecule has 1 N–H and O–H groups in total. The first-order valence-electron chi connectivity index (χ1n) is 22.6. The minimum absolute atomic E-state index is 0.140. The molecular formula is C59H73N3. The fraction of sp³-hybridized carbons (Fsp3) is 0.271. The number of nitrogens with one attached hydrogen (secondary N) is 1. The van der Waals surface area contributed by atoms with Gasteiger partial charge in [0, 0.05) is 28.2 Å². The van der Waals surface area contributed by atoms with Gasteiger partial charge in [0.15, 0.2) is 0 Å². The molecule has 0 aliphatic carbocycles. The number of aromatic nitrogens is 1. The third-order valence-corrected chi connectivity index (χ3v) is 11.3. The summed E-state index contributed by atoms with van der Waals surface area (Å²) in [5.41, 5.74) is 12.2. The molecule has 62 heavy (non-hydrogen) atoms. The lowest BCUT2D eigenvalue weighted by molar-refractivity contribution is 0.638. The SMILES string of the molecule is C=C.C=CCC(/C=C\C)CC.C=CCC/C(=C\C)C1=Nc2cc3c4ccccc4n(-c4cccc(C(=C)NC(C)c5ccccc5)c4)c3cc2C1(C)c1ccccc1.CC.CC. The molecule has 3 unspecified atom stereocenters. The van der Waals surface area contributed by atoms with Crippen molar-refractivity contribution in [3.8, 4) is 5.69 Å². The van der Waals surface area contributed by atoms with Crippen molar-refractivity contribution in [2.24, 2.45) is 10.9 Å². The van der Waals surface area contributed by atoms with Crippen LogP contribution in [-0.4, -0.2) is 10.3 Å². The van der Waals surface area contributed by atoms with Gasteiger partial charge in [-0.1, -0.05) is 163 Å². The molecule has 7 rings (SSSR count). The van der Waals surface area contributed by atoms with Crippen LogP contribution in [0.4, 0.5) is 5.69 Å². The summed E-state index contributed by atoms with van der Waals surface area (Å²) in [5.74, 6) is 0.715. The number of aliphatic imine (C=N–C) groups is 1. The molecule has 1 aliphatic rings. The van der Waals surface area contributed by atoms with Crippen molar-refractivity contribution >= 4 is 38.9 Å². The van der Waals surface area contributed by atoms with Gasteiger partial charge in [0.25, 0.3) is 0 Å². The second kappa shape index (κ2) is 25.6. The smallest absolute Gasteiger partial charge is 0.0686 e. The molecule has 1 aromatic heterocycles. The van der Waals surface area contributed by atoms with Gasteiger partial charge in [-0.15, -0.1) is 26.3 Å². The van der Waals surface area contributed by atoms with Crippen molar-refractivity contribution in [3.63, 3.8) is 0 Å². The Bertz CT molecular complexity index is 2420. The van der Waals surface area contributed by atoms with Crippen LogP contribution in [0.2, 0.25) is 0 Å². The Morgan fingerprint density at radius 1 is 0.774 bits per heavy atom. The summed E-state index contributed by atoms with van der Waals surface area (Å²) in [7, 11) is 0. The maximum atomic E-state index is 5.42. The first-order chi connectivity index (χ1) is 30.3. The highest BCUT2D eigenvalue weighted by atomic mass is 15.0. The largest absolute Gasteiger partial charge is 0.379 e. The van der Waals surface area contributed by atoms with Gasteiger partial charge in [-0.3, -0.25) is 4.99 Å². The van der Waals surface area contributed by atoms with Crippen LogP contribution in [0.1, 0.15) is 116 Å². The van der Waals surface area contributed by atoms with E-state index in [2.05, 4.69) is 211 Å². The molecule has 3 atom stereocenters. The van der Waals surface area contributed by atoms with Gasteiger partial charge < -0.3 is 9.88 Å². The van der Waals surface area contributed by atoms with Crippen LogP contribution in [0.3, 0.4) is 0 Å². The predicted molar refractivity (Wildman–Crippen MR) is 278 cm³/mol. The van der Waals surface area contributed by atoms with Crippen LogP contribution in [0.25, 0.3) is 33.2 Å². The lowest BCUT2D eigenvalue weighted by Gasteiger charge is -2.30. The summed E-state index contributed by atoms with van der Waals surface area (Å²) in [5, 5.41) is 6.05. The Morgan fingerprint density at radius 2 is 1.42 bits per heavy atom. The molecule has 0 bridgehead atoms. The Labute approximate surface area is 375 Å². The number of hydrogen-bond donors (Lipinski definition) is 1. The summed E-state index contributed by atoms with van der Waals surface area (Å²) in [6, 6.07) is 43.6. The normalized spacial score (nSPS) is 14.9. The molecule has 3 heteroatoms. The maximum absolute atomic E-state index is 5.42. The summed E-state index contributed by atoms with van der Waals surface area (Å²) >= 11 is 0. The molecule has 0 spiro atoms. The Morgan fingerprint density at radius 3 is 2.03 bits per heavy atom. The standard InChI is InChI=1S/C44H41N3.C9H16.2C2H6.C2H4/c1-6-8-18-32(7-2)43-44(5,35-22-13-10-14-23-35)39-29-42-38(28-40(39)46-43)37-25-15-16-26-41(37)47(42)36-24-17-21-34(27-36)31(4)45-30(3)33-19-11-9-12-20-33;1-4-7-9(6-3)8-5-2;3*1-2/h6-7,9-17,19-30,45H,1,4,8,18H2,2-3,5H3;4-5,8-9H,1,6-7H2,2-3H3;2*1-2H3;1-2H2/b32-7+;8-5-;;;. The van der Waals surface area contributed by atoms with Crippen molar-refractivity contribution in [3.05, 3.63) is 212 Å². The first kappa shape index (κ1) is 50.2. The van der Waals surface area contributed by atoms with Gasteiger partial charge >= 0.3 is 0 Å². The zero-order valence-electron chi connectivity index (χ0n) is 39.3. The van der Waals surface area contributed by atoms with E-state index in [-0.39, 0.29) is 6.04 Å². The van der Waals surface area contributed by atoms with Crippen molar-refractivity contribution < 1.29 is 0 Å². The predicted octanol–water partition coefficient (Wildman–Crippen LogP) is 17.4. The number of rotatable bonds is 14. The average Bonchev–Trinajstić information content (AvgIpc) is 3.82. The van der Waals surface area contributed by atoms with E-state index in [0.29, 0.717) is 5.92 Å². The molecule has 5 aromatic carbocycles. The van der Waals surface area contributed by atoms with E-state index in [9.17, 15) is 0 Å². The van der Waals surface area contributed by atoms with E-state index in [1.54, 1.807) is 0 Å². The maximum Gasteiger partial charge on any atom is 0.0686 e.